The Labute approximate surface area is 168 Å². The molecule has 140 valence electrons. The van der Waals surface area contributed by atoms with Crippen molar-refractivity contribution >= 4 is 34.0 Å². The minimum absolute atomic E-state index is 0.624. The summed E-state index contributed by atoms with van der Waals surface area (Å²) in [5, 5.41) is 15.2. The van der Waals surface area contributed by atoms with Crippen LogP contribution in [0, 0.1) is 0 Å². The van der Waals surface area contributed by atoms with E-state index in [0.717, 1.165) is 18.6 Å². The maximum atomic E-state index is 11.0. The van der Waals surface area contributed by atoms with Crippen LogP contribution in [0.25, 0.3) is 0 Å². The first-order valence-corrected chi connectivity index (χ1v) is 13.4. The Kier molecular flexibility index (Phi) is 6.58. The van der Waals surface area contributed by atoms with Gasteiger partial charge in [-0.2, -0.15) is 11.2 Å². The van der Waals surface area contributed by atoms with Crippen LogP contribution in [0.3, 0.4) is 0 Å². The van der Waals surface area contributed by atoms with Crippen LogP contribution >= 0.6 is 11.2 Å². The van der Waals surface area contributed by atoms with Gasteiger partial charge in [0, 0.05) is 5.75 Å². The van der Waals surface area contributed by atoms with E-state index in [-0.39, 0.29) is 0 Å². The summed E-state index contributed by atoms with van der Waals surface area (Å²) in [5.41, 5.74) is -0.624. The lowest BCUT2D eigenvalue weighted by Gasteiger charge is -2.36. The van der Waals surface area contributed by atoms with Gasteiger partial charge in [0.25, 0.3) is 0 Å². The Balaban J connectivity index is 2.20. The van der Waals surface area contributed by atoms with Crippen molar-refractivity contribution in [2.75, 3.05) is 5.75 Å². The zero-order valence-corrected chi connectivity index (χ0v) is 18.0. The Bertz CT molecular complexity index is 720. The first kappa shape index (κ1) is 19.9. The zero-order chi connectivity index (χ0) is 19.2. The minimum Gasteiger partial charge on any atom is -0.389 e. The van der Waals surface area contributed by atoms with Crippen LogP contribution in [0.1, 0.15) is 26.7 Å². The third-order valence-corrected chi connectivity index (χ3v) is 13.8. The molecule has 3 aromatic rings. The molecule has 0 bridgehead atoms. The van der Waals surface area contributed by atoms with E-state index in [1.165, 1.54) is 15.6 Å². The molecule has 0 fully saturated rings. The van der Waals surface area contributed by atoms with Gasteiger partial charge in [-0.15, -0.1) is 0 Å². The van der Waals surface area contributed by atoms with E-state index in [4.69, 9.17) is 0 Å². The number of hydrogen-bond acceptors (Lipinski definition) is 2. The van der Waals surface area contributed by atoms with E-state index in [1.54, 1.807) is 0 Å². The molecule has 0 atom stereocenters. The van der Waals surface area contributed by atoms with Gasteiger partial charge in [0.2, 0.25) is 7.22 Å². The minimum atomic E-state index is -2.31. The van der Waals surface area contributed by atoms with Crippen LogP contribution in [0.2, 0.25) is 0 Å². The SMILES string of the molecule is CCC(O)(CC)CS[Si](c1ccccc1)(c1ccccc1)c1ccccc1. The quantitative estimate of drug-likeness (QED) is 0.463. The van der Waals surface area contributed by atoms with Crippen molar-refractivity contribution in [2.45, 2.75) is 32.3 Å². The number of benzene rings is 3. The molecule has 3 rings (SSSR count). The third kappa shape index (κ3) is 4.21. The molecule has 3 aromatic carbocycles. The van der Waals surface area contributed by atoms with Crippen LogP contribution in [0.15, 0.2) is 91.0 Å². The summed E-state index contributed by atoms with van der Waals surface area (Å²) in [5.74, 6) is 0.741. The van der Waals surface area contributed by atoms with Crippen molar-refractivity contribution in [1.82, 2.24) is 0 Å². The molecule has 3 heteroatoms. The Morgan fingerprint density at radius 3 is 1.30 bits per heavy atom. The molecule has 0 spiro atoms. The largest absolute Gasteiger partial charge is 0.389 e. The lowest BCUT2D eigenvalue weighted by molar-refractivity contribution is 0.0574. The van der Waals surface area contributed by atoms with Crippen LogP contribution in [0.5, 0.6) is 0 Å². The molecule has 0 aromatic heterocycles. The average molecular weight is 393 g/mol. The van der Waals surface area contributed by atoms with Gasteiger partial charge in [0.1, 0.15) is 0 Å². The second kappa shape index (κ2) is 8.92. The molecule has 1 N–H and O–H groups in total. The standard InChI is InChI=1S/C24H28OSSi/c1-3-24(25,4-2)20-26-27(21-14-8-5-9-15-21,22-16-10-6-11-17-22)23-18-12-7-13-19-23/h5-19,25H,3-4,20H2,1-2H3. The molecule has 0 amide bonds. The van der Waals surface area contributed by atoms with Gasteiger partial charge < -0.3 is 5.11 Å². The van der Waals surface area contributed by atoms with E-state index >= 15 is 0 Å². The fourth-order valence-electron chi connectivity index (χ4n) is 3.47. The highest BCUT2D eigenvalue weighted by Gasteiger charge is 2.42. The van der Waals surface area contributed by atoms with Crippen LogP contribution in [-0.4, -0.2) is 23.7 Å². The molecule has 0 aliphatic heterocycles. The summed E-state index contributed by atoms with van der Waals surface area (Å²) in [6.07, 6.45) is 1.55. The second-order valence-corrected chi connectivity index (χ2v) is 13.4. The summed E-state index contributed by atoms with van der Waals surface area (Å²) in [7, 11) is -2.31. The van der Waals surface area contributed by atoms with E-state index < -0.39 is 12.8 Å². The first-order valence-electron chi connectivity index (χ1n) is 9.67. The smallest absolute Gasteiger partial charge is 0.209 e. The van der Waals surface area contributed by atoms with Crippen molar-refractivity contribution < 1.29 is 5.11 Å². The fraction of sp³-hybridized carbons (Fsp3) is 0.250. The third-order valence-electron chi connectivity index (χ3n) is 5.41. The Morgan fingerprint density at radius 1 is 0.667 bits per heavy atom. The summed E-state index contributed by atoms with van der Waals surface area (Å²) in [6.45, 7) is 4.17. The van der Waals surface area contributed by atoms with Crippen molar-refractivity contribution in [1.29, 1.82) is 0 Å². The lowest BCUT2D eigenvalue weighted by Crippen LogP contribution is -2.65. The van der Waals surface area contributed by atoms with Gasteiger partial charge in [0.15, 0.2) is 0 Å². The van der Waals surface area contributed by atoms with Gasteiger partial charge in [-0.1, -0.05) is 105 Å². The summed E-state index contributed by atoms with van der Waals surface area (Å²) in [6, 6.07) is 32.6. The van der Waals surface area contributed by atoms with Gasteiger partial charge >= 0.3 is 0 Å². The van der Waals surface area contributed by atoms with Crippen molar-refractivity contribution in [3.8, 4) is 0 Å². The van der Waals surface area contributed by atoms with E-state index in [0.29, 0.717) is 0 Å². The van der Waals surface area contributed by atoms with Gasteiger partial charge in [-0.05, 0) is 28.4 Å². The second-order valence-electron chi connectivity index (χ2n) is 7.00. The molecule has 0 saturated heterocycles. The predicted octanol–water partition coefficient (Wildman–Crippen LogP) is 3.94. The molecule has 0 saturated carbocycles. The molecule has 27 heavy (non-hydrogen) atoms. The Hall–Kier alpha value is -1.81. The monoisotopic (exact) mass is 392 g/mol. The molecule has 0 heterocycles. The summed E-state index contributed by atoms with van der Waals surface area (Å²) in [4.78, 5) is 0. The number of rotatable bonds is 8. The highest BCUT2D eigenvalue weighted by Crippen LogP contribution is 2.28. The Morgan fingerprint density at radius 2 is 1.00 bits per heavy atom. The maximum absolute atomic E-state index is 11.0. The van der Waals surface area contributed by atoms with Gasteiger partial charge in [-0.25, -0.2) is 0 Å². The van der Waals surface area contributed by atoms with Gasteiger partial charge in [-0.3, -0.25) is 0 Å². The van der Waals surface area contributed by atoms with Gasteiger partial charge in [0.05, 0.1) is 5.60 Å². The number of aliphatic hydroxyl groups is 1. The summed E-state index contributed by atoms with van der Waals surface area (Å²) < 4.78 is 0. The fourth-order valence-corrected chi connectivity index (χ4v) is 12.0. The molecular weight excluding hydrogens is 364 g/mol. The topological polar surface area (TPSA) is 20.2 Å². The zero-order valence-electron chi connectivity index (χ0n) is 16.1. The lowest BCUT2D eigenvalue weighted by atomic mass is 10.0. The van der Waals surface area contributed by atoms with Crippen LogP contribution in [-0.2, 0) is 0 Å². The molecule has 0 radical (unpaired) electrons. The maximum Gasteiger partial charge on any atom is 0.209 e. The molecule has 0 aliphatic carbocycles. The van der Waals surface area contributed by atoms with Crippen molar-refractivity contribution in [2.24, 2.45) is 0 Å². The molecule has 1 nitrogen and oxygen atoms in total. The molecule has 0 unspecified atom stereocenters. The van der Waals surface area contributed by atoms with E-state index in [1.807, 2.05) is 11.2 Å². The summed E-state index contributed by atoms with van der Waals surface area (Å²) >= 11 is 1.97. The van der Waals surface area contributed by atoms with Crippen LogP contribution < -0.4 is 15.6 Å². The van der Waals surface area contributed by atoms with E-state index in [9.17, 15) is 5.11 Å². The predicted molar refractivity (Wildman–Crippen MR) is 122 cm³/mol. The van der Waals surface area contributed by atoms with E-state index in [2.05, 4.69) is 105 Å². The van der Waals surface area contributed by atoms with Crippen LogP contribution in [0.4, 0.5) is 0 Å². The molecular formula is C24H28OSSi. The average Bonchev–Trinajstić information content (AvgIpc) is 2.76. The number of hydrogen-bond donors (Lipinski definition) is 1. The highest BCUT2D eigenvalue weighted by molar-refractivity contribution is 8.33. The highest BCUT2D eigenvalue weighted by atomic mass is 32.4. The first-order chi connectivity index (χ1) is 13.1. The van der Waals surface area contributed by atoms with Crippen molar-refractivity contribution in [3.05, 3.63) is 91.0 Å². The van der Waals surface area contributed by atoms with Crippen molar-refractivity contribution in [3.63, 3.8) is 0 Å². The normalized spacial score (nSPS) is 12.1. The molecule has 0 aliphatic rings.